The zero-order valence-electron chi connectivity index (χ0n) is 18.7. The second-order valence-electron chi connectivity index (χ2n) is 10.8. The van der Waals surface area contributed by atoms with Gasteiger partial charge in [0.1, 0.15) is 17.8 Å². The average Bonchev–Trinajstić information content (AvgIpc) is 2.80. The lowest BCUT2D eigenvalue weighted by Crippen LogP contribution is -2.55. The van der Waals surface area contributed by atoms with Crippen molar-refractivity contribution in [3.8, 4) is 6.07 Å². The summed E-state index contributed by atoms with van der Waals surface area (Å²) in [5.74, 6) is 1.82. The summed E-state index contributed by atoms with van der Waals surface area (Å²) in [6, 6.07) is 8.90. The van der Waals surface area contributed by atoms with E-state index in [0.717, 1.165) is 49.3 Å². The minimum Gasteiger partial charge on any atom is -0.369 e. The van der Waals surface area contributed by atoms with Crippen LogP contribution in [0.25, 0.3) is 0 Å². The third-order valence-electron chi connectivity index (χ3n) is 8.27. The monoisotopic (exact) mass is 445 g/mol. The highest BCUT2D eigenvalue weighted by molar-refractivity contribution is 5.94. The summed E-state index contributed by atoms with van der Waals surface area (Å²) in [4.78, 5) is 23.8. The van der Waals surface area contributed by atoms with E-state index in [-0.39, 0.29) is 11.3 Å². The third kappa shape index (κ3) is 3.66. The molecule has 0 radical (unpaired) electrons. The van der Waals surface area contributed by atoms with Crippen LogP contribution in [0.4, 0.5) is 10.2 Å². The van der Waals surface area contributed by atoms with E-state index < -0.39 is 5.67 Å². The van der Waals surface area contributed by atoms with Gasteiger partial charge in [-0.05, 0) is 80.4 Å². The predicted octanol–water partition coefficient (Wildman–Crippen LogP) is 4.27. The van der Waals surface area contributed by atoms with Crippen molar-refractivity contribution in [1.29, 1.82) is 5.26 Å². The molecule has 6 nitrogen and oxygen atoms in total. The summed E-state index contributed by atoms with van der Waals surface area (Å²) in [7, 11) is 0. The summed E-state index contributed by atoms with van der Waals surface area (Å²) in [5, 5.41) is 12.7. The van der Waals surface area contributed by atoms with Crippen LogP contribution in [-0.2, 0) is 13.0 Å². The number of alkyl halides is 1. The van der Waals surface area contributed by atoms with E-state index in [1.807, 2.05) is 0 Å². The van der Waals surface area contributed by atoms with Crippen LogP contribution >= 0.6 is 0 Å². The van der Waals surface area contributed by atoms with E-state index in [9.17, 15) is 4.79 Å². The molecule has 1 aromatic carbocycles. The fourth-order valence-electron chi connectivity index (χ4n) is 7.40. The molecule has 1 N–H and O–H groups in total. The van der Waals surface area contributed by atoms with E-state index in [4.69, 9.17) is 5.26 Å². The first-order valence-corrected chi connectivity index (χ1v) is 12.0. The van der Waals surface area contributed by atoms with Crippen LogP contribution in [-0.4, -0.2) is 39.5 Å². The smallest absolute Gasteiger partial charge is 0.254 e. The van der Waals surface area contributed by atoms with Gasteiger partial charge in [-0.25, -0.2) is 14.4 Å². The second kappa shape index (κ2) is 7.51. The Kier molecular flexibility index (Phi) is 4.69. The van der Waals surface area contributed by atoms with Gasteiger partial charge in [0, 0.05) is 24.2 Å². The second-order valence-corrected chi connectivity index (χ2v) is 10.8. The molecule has 1 amide bonds. The zero-order chi connectivity index (χ0) is 22.6. The van der Waals surface area contributed by atoms with Crippen molar-refractivity contribution >= 4 is 11.7 Å². The SMILES string of the molecule is N#Cc1cccc(C(=O)N2CCc3c(ncnc3NCC34CC5CC(CC(F)(C5)C3)C4)C2)c1. The Morgan fingerprint density at radius 1 is 1.24 bits per heavy atom. The molecule has 1 aromatic heterocycles. The summed E-state index contributed by atoms with van der Waals surface area (Å²) < 4.78 is 15.3. The lowest BCUT2D eigenvalue weighted by molar-refractivity contribution is -0.117. The van der Waals surface area contributed by atoms with Crippen LogP contribution in [0.2, 0.25) is 0 Å². The first-order valence-electron chi connectivity index (χ1n) is 12.0. The number of rotatable bonds is 4. The van der Waals surface area contributed by atoms with E-state index in [1.54, 1.807) is 35.5 Å². The normalized spacial score (nSPS) is 31.7. The number of nitriles is 1. The highest BCUT2D eigenvalue weighted by Gasteiger charge is 2.58. The maximum atomic E-state index is 15.3. The molecule has 2 unspecified atom stereocenters. The number of amides is 1. The minimum atomic E-state index is -0.958. The Labute approximate surface area is 193 Å². The van der Waals surface area contributed by atoms with Crippen molar-refractivity contribution in [3.63, 3.8) is 0 Å². The first kappa shape index (κ1) is 20.6. The molecule has 5 aliphatic rings. The van der Waals surface area contributed by atoms with Gasteiger partial charge in [-0.1, -0.05) is 6.07 Å². The number of hydrogen-bond acceptors (Lipinski definition) is 5. The van der Waals surface area contributed by atoms with Crippen LogP contribution in [0.1, 0.15) is 65.7 Å². The Bertz CT molecular complexity index is 1140. The number of carbonyl (C=O) groups is 1. The molecule has 4 bridgehead atoms. The van der Waals surface area contributed by atoms with Gasteiger partial charge in [-0.2, -0.15) is 5.26 Å². The molecular weight excluding hydrogens is 417 g/mol. The standard InChI is InChI=1S/C26H28FN5O/c27-26-10-18-6-19(11-26)9-25(8-18,14-26)15-29-23-21-4-5-32(13-22(21)30-16-31-23)24(33)20-3-1-2-17(7-20)12-28/h1-3,7,16,18-19H,4-6,8-11,13-15H2,(H,29,30,31). The first-order chi connectivity index (χ1) is 15.9. The number of fused-ring (bicyclic) bond motifs is 1. The van der Waals surface area contributed by atoms with Crippen molar-refractivity contribution < 1.29 is 9.18 Å². The maximum Gasteiger partial charge on any atom is 0.254 e. The molecule has 0 spiro atoms. The highest BCUT2D eigenvalue weighted by atomic mass is 19.1. The van der Waals surface area contributed by atoms with E-state index in [0.29, 0.717) is 48.9 Å². The molecule has 33 heavy (non-hydrogen) atoms. The number of anilines is 1. The van der Waals surface area contributed by atoms with Crippen molar-refractivity contribution in [2.75, 3.05) is 18.4 Å². The van der Waals surface area contributed by atoms with Gasteiger partial charge in [0.15, 0.2) is 0 Å². The maximum absolute atomic E-state index is 15.3. The molecular formula is C26H28FN5O. The molecule has 7 heteroatoms. The zero-order valence-corrected chi connectivity index (χ0v) is 18.7. The Hall–Kier alpha value is -3.01. The number of nitrogens with zero attached hydrogens (tertiary/aromatic N) is 4. The minimum absolute atomic E-state index is 0.0408. The van der Waals surface area contributed by atoms with Crippen molar-refractivity contribution in [2.24, 2.45) is 17.3 Å². The number of nitrogens with one attached hydrogen (secondary N) is 1. The largest absolute Gasteiger partial charge is 0.369 e. The summed E-state index contributed by atoms with van der Waals surface area (Å²) in [6.45, 7) is 1.76. The molecule has 2 heterocycles. The van der Waals surface area contributed by atoms with Crippen molar-refractivity contribution in [3.05, 3.63) is 53.0 Å². The summed E-state index contributed by atoms with van der Waals surface area (Å²) >= 11 is 0. The number of halogens is 1. The third-order valence-corrected chi connectivity index (χ3v) is 8.27. The summed E-state index contributed by atoms with van der Waals surface area (Å²) in [5.41, 5.74) is 2.00. The van der Waals surface area contributed by atoms with Gasteiger partial charge in [0.2, 0.25) is 0 Å². The van der Waals surface area contributed by atoms with Crippen LogP contribution < -0.4 is 5.32 Å². The number of carbonyl (C=O) groups excluding carboxylic acids is 1. The summed E-state index contributed by atoms with van der Waals surface area (Å²) in [6.07, 6.45) is 7.88. The van der Waals surface area contributed by atoms with Crippen LogP contribution in [0.15, 0.2) is 30.6 Å². The van der Waals surface area contributed by atoms with Gasteiger partial charge < -0.3 is 10.2 Å². The predicted molar refractivity (Wildman–Crippen MR) is 121 cm³/mol. The van der Waals surface area contributed by atoms with E-state index in [2.05, 4.69) is 21.4 Å². The van der Waals surface area contributed by atoms with Gasteiger partial charge >= 0.3 is 0 Å². The van der Waals surface area contributed by atoms with Gasteiger partial charge in [-0.15, -0.1) is 0 Å². The molecule has 2 atom stereocenters. The van der Waals surface area contributed by atoms with Gasteiger partial charge in [0.25, 0.3) is 5.91 Å². The van der Waals surface area contributed by atoms with Crippen LogP contribution in [0, 0.1) is 28.6 Å². The van der Waals surface area contributed by atoms with Crippen LogP contribution in [0.3, 0.4) is 0 Å². The van der Waals surface area contributed by atoms with E-state index in [1.165, 1.54) is 6.42 Å². The van der Waals surface area contributed by atoms with Crippen LogP contribution in [0.5, 0.6) is 0 Å². The molecule has 170 valence electrons. The van der Waals surface area contributed by atoms with Crippen molar-refractivity contribution in [1.82, 2.24) is 14.9 Å². The average molecular weight is 446 g/mol. The Morgan fingerprint density at radius 3 is 2.82 bits per heavy atom. The Balaban J connectivity index is 1.17. The fourth-order valence-corrected chi connectivity index (χ4v) is 7.40. The number of hydrogen-bond donors (Lipinski definition) is 1. The lowest BCUT2D eigenvalue weighted by Gasteiger charge is -2.59. The van der Waals surface area contributed by atoms with Gasteiger partial charge in [0.05, 0.1) is 23.9 Å². The number of aromatic nitrogens is 2. The Morgan fingerprint density at radius 2 is 2.06 bits per heavy atom. The molecule has 0 saturated heterocycles. The quantitative estimate of drug-likeness (QED) is 0.760. The molecule has 2 aromatic rings. The molecule has 7 rings (SSSR count). The van der Waals surface area contributed by atoms with Crippen molar-refractivity contribution in [2.45, 2.75) is 57.2 Å². The topological polar surface area (TPSA) is 81.9 Å². The molecule has 1 aliphatic heterocycles. The molecule has 4 saturated carbocycles. The lowest BCUT2D eigenvalue weighted by atomic mass is 9.48. The van der Waals surface area contributed by atoms with Gasteiger partial charge in [-0.3, -0.25) is 4.79 Å². The molecule has 4 fully saturated rings. The molecule has 4 aliphatic carbocycles. The number of benzene rings is 1. The fraction of sp³-hybridized carbons (Fsp3) is 0.538. The highest BCUT2D eigenvalue weighted by Crippen LogP contribution is 2.62. The van der Waals surface area contributed by atoms with E-state index >= 15 is 4.39 Å².